The van der Waals surface area contributed by atoms with Crippen molar-refractivity contribution in [3.63, 3.8) is 0 Å². The van der Waals surface area contributed by atoms with Crippen LogP contribution in [0.3, 0.4) is 0 Å². The number of hydrazine groups is 1. The number of nitrogens with one attached hydrogen (secondary N) is 1. The van der Waals surface area contributed by atoms with Crippen LogP contribution in [0.2, 0.25) is 0 Å². The number of nitrogen functional groups attached to an aromatic ring is 1. The Morgan fingerprint density at radius 2 is 2.27 bits per heavy atom. The predicted molar refractivity (Wildman–Crippen MR) is 61.8 cm³/mol. The van der Waals surface area contributed by atoms with Crippen molar-refractivity contribution in [1.29, 1.82) is 0 Å². The van der Waals surface area contributed by atoms with Gasteiger partial charge >= 0.3 is 0 Å². The minimum absolute atomic E-state index is 0. The van der Waals surface area contributed by atoms with Gasteiger partial charge in [0.2, 0.25) is 0 Å². The standard InChI is InChI=1S/C10H13N3O.ClH/c11-9-4-1-3-8(7-9)10(14)13-6-2-5-12-13;/h1,3-4,7,12H,2,5-6,11H2;1H. The summed E-state index contributed by atoms with van der Waals surface area (Å²) in [7, 11) is 0. The number of halogens is 1. The summed E-state index contributed by atoms with van der Waals surface area (Å²) in [5, 5.41) is 1.63. The molecule has 0 unspecified atom stereocenters. The van der Waals surface area contributed by atoms with Crippen LogP contribution < -0.4 is 11.2 Å². The second-order valence-corrected chi connectivity index (χ2v) is 3.34. The first-order valence-electron chi connectivity index (χ1n) is 4.68. The van der Waals surface area contributed by atoms with Crippen molar-refractivity contribution in [2.24, 2.45) is 0 Å². The summed E-state index contributed by atoms with van der Waals surface area (Å²) >= 11 is 0. The zero-order valence-electron chi connectivity index (χ0n) is 8.27. The first-order valence-corrected chi connectivity index (χ1v) is 4.68. The zero-order valence-corrected chi connectivity index (χ0v) is 9.09. The Labute approximate surface area is 94.8 Å². The molecule has 0 bridgehead atoms. The molecule has 3 N–H and O–H groups in total. The molecule has 15 heavy (non-hydrogen) atoms. The van der Waals surface area contributed by atoms with Crippen molar-refractivity contribution in [2.45, 2.75) is 6.42 Å². The van der Waals surface area contributed by atoms with Crippen LogP contribution in [0.15, 0.2) is 24.3 Å². The van der Waals surface area contributed by atoms with E-state index >= 15 is 0 Å². The maximum absolute atomic E-state index is 11.8. The molecule has 1 aromatic carbocycles. The number of amides is 1. The molecule has 0 saturated carbocycles. The average molecular weight is 228 g/mol. The number of nitrogens with zero attached hydrogens (tertiary/aromatic N) is 1. The highest BCUT2D eigenvalue weighted by atomic mass is 35.5. The van der Waals surface area contributed by atoms with E-state index < -0.39 is 0 Å². The molecule has 2 rings (SSSR count). The number of hydrogen-bond donors (Lipinski definition) is 2. The van der Waals surface area contributed by atoms with Gasteiger partial charge in [0.1, 0.15) is 0 Å². The average Bonchev–Trinajstić information content (AvgIpc) is 2.69. The summed E-state index contributed by atoms with van der Waals surface area (Å²) in [5.41, 5.74) is 9.88. The largest absolute Gasteiger partial charge is 0.399 e. The Bertz CT molecular complexity index is 350. The Kier molecular flexibility index (Phi) is 3.94. The van der Waals surface area contributed by atoms with E-state index in [9.17, 15) is 4.79 Å². The third-order valence-corrected chi connectivity index (χ3v) is 2.24. The summed E-state index contributed by atoms with van der Waals surface area (Å²) in [4.78, 5) is 11.8. The van der Waals surface area contributed by atoms with Gasteiger partial charge in [-0.15, -0.1) is 12.4 Å². The lowest BCUT2D eigenvalue weighted by Gasteiger charge is -2.15. The van der Waals surface area contributed by atoms with E-state index in [0.29, 0.717) is 11.3 Å². The summed E-state index contributed by atoms with van der Waals surface area (Å²) in [6, 6.07) is 7.04. The van der Waals surface area contributed by atoms with E-state index in [1.165, 1.54) is 0 Å². The van der Waals surface area contributed by atoms with E-state index in [0.717, 1.165) is 19.5 Å². The van der Waals surface area contributed by atoms with Crippen LogP contribution in [0.5, 0.6) is 0 Å². The fraction of sp³-hybridized carbons (Fsp3) is 0.300. The molecule has 1 heterocycles. The molecule has 82 valence electrons. The van der Waals surface area contributed by atoms with Gasteiger partial charge in [0, 0.05) is 24.3 Å². The third-order valence-electron chi connectivity index (χ3n) is 2.24. The van der Waals surface area contributed by atoms with Crippen molar-refractivity contribution >= 4 is 24.0 Å². The highest BCUT2D eigenvalue weighted by Crippen LogP contribution is 2.10. The van der Waals surface area contributed by atoms with Crippen molar-refractivity contribution in [2.75, 3.05) is 18.8 Å². The van der Waals surface area contributed by atoms with Gasteiger partial charge in [0.25, 0.3) is 5.91 Å². The molecule has 0 atom stereocenters. The first kappa shape index (κ1) is 11.8. The van der Waals surface area contributed by atoms with Gasteiger partial charge in [-0.2, -0.15) is 0 Å². The normalized spacial score (nSPS) is 14.8. The molecule has 1 aromatic rings. The van der Waals surface area contributed by atoms with Gasteiger partial charge in [0.15, 0.2) is 0 Å². The summed E-state index contributed by atoms with van der Waals surface area (Å²) in [5.74, 6) is -0.00481. The second kappa shape index (κ2) is 5.00. The molecule has 1 aliphatic rings. The van der Waals surface area contributed by atoms with Crippen molar-refractivity contribution in [3.05, 3.63) is 29.8 Å². The molecule has 0 aliphatic carbocycles. The number of rotatable bonds is 1. The Hall–Kier alpha value is -1.26. The van der Waals surface area contributed by atoms with E-state index in [4.69, 9.17) is 5.73 Å². The monoisotopic (exact) mass is 227 g/mol. The molecule has 1 fully saturated rings. The molecule has 1 amide bonds. The van der Waals surface area contributed by atoms with Gasteiger partial charge < -0.3 is 5.73 Å². The highest BCUT2D eigenvalue weighted by molar-refractivity contribution is 5.94. The first-order chi connectivity index (χ1) is 6.77. The fourth-order valence-electron chi connectivity index (χ4n) is 1.53. The fourth-order valence-corrected chi connectivity index (χ4v) is 1.53. The smallest absolute Gasteiger partial charge is 0.268 e. The van der Waals surface area contributed by atoms with Gasteiger partial charge in [0.05, 0.1) is 0 Å². The maximum Gasteiger partial charge on any atom is 0.268 e. The van der Waals surface area contributed by atoms with E-state index in [-0.39, 0.29) is 18.3 Å². The van der Waals surface area contributed by atoms with E-state index in [1.54, 1.807) is 29.3 Å². The SMILES string of the molecule is Cl.Nc1cccc(C(=O)N2CCCN2)c1. The Morgan fingerprint density at radius 1 is 1.47 bits per heavy atom. The lowest BCUT2D eigenvalue weighted by Crippen LogP contribution is -2.36. The molecule has 0 spiro atoms. The van der Waals surface area contributed by atoms with Gasteiger partial charge in [-0.1, -0.05) is 6.07 Å². The molecular formula is C10H14ClN3O. The van der Waals surface area contributed by atoms with Gasteiger partial charge in [-0.05, 0) is 24.6 Å². The van der Waals surface area contributed by atoms with Crippen LogP contribution in [-0.2, 0) is 0 Å². The molecule has 0 radical (unpaired) electrons. The second-order valence-electron chi connectivity index (χ2n) is 3.34. The number of carbonyl (C=O) groups is 1. The topological polar surface area (TPSA) is 58.4 Å². The molecule has 4 nitrogen and oxygen atoms in total. The zero-order chi connectivity index (χ0) is 9.97. The molecule has 1 aliphatic heterocycles. The summed E-state index contributed by atoms with van der Waals surface area (Å²) in [6.45, 7) is 1.64. The minimum atomic E-state index is -0.00481. The van der Waals surface area contributed by atoms with Crippen LogP contribution in [0, 0.1) is 0 Å². The Balaban J connectivity index is 0.00000112. The summed E-state index contributed by atoms with van der Waals surface area (Å²) < 4.78 is 0. The Morgan fingerprint density at radius 3 is 2.87 bits per heavy atom. The van der Waals surface area contributed by atoms with Crippen LogP contribution in [0.25, 0.3) is 0 Å². The van der Waals surface area contributed by atoms with Crippen LogP contribution in [-0.4, -0.2) is 24.0 Å². The number of anilines is 1. The third kappa shape index (κ3) is 2.61. The maximum atomic E-state index is 11.8. The van der Waals surface area contributed by atoms with Crippen molar-refractivity contribution < 1.29 is 4.79 Å². The minimum Gasteiger partial charge on any atom is -0.399 e. The van der Waals surface area contributed by atoms with E-state index in [1.807, 2.05) is 0 Å². The van der Waals surface area contributed by atoms with Crippen LogP contribution in [0.1, 0.15) is 16.8 Å². The highest BCUT2D eigenvalue weighted by Gasteiger charge is 2.18. The van der Waals surface area contributed by atoms with Gasteiger partial charge in [-0.25, -0.2) is 5.43 Å². The lowest BCUT2D eigenvalue weighted by atomic mass is 10.2. The molecule has 1 saturated heterocycles. The molecular weight excluding hydrogens is 214 g/mol. The lowest BCUT2D eigenvalue weighted by molar-refractivity contribution is 0.0726. The quantitative estimate of drug-likeness (QED) is 0.705. The van der Waals surface area contributed by atoms with Crippen LogP contribution in [0.4, 0.5) is 5.69 Å². The van der Waals surface area contributed by atoms with Crippen molar-refractivity contribution in [1.82, 2.24) is 10.4 Å². The van der Waals surface area contributed by atoms with E-state index in [2.05, 4.69) is 5.43 Å². The number of benzene rings is 1. The number of nitrogens with two attached hydrogens (primary N) is 1. The van der Waals surface area contributed by atoms with Gasteiger partial charge in [-0.3, -0.25) is 9.80 Å². The molecule has 0 aromatic heterocycles. The molecule has 5 heteroatoms. The van der Waals surface area contributed by atoms with Crippen molar-refractivity contribution in [3.8, 4) is 0 Å². The summed E-state index contributed by atoms with van der Waals surface area (Å²) in [6.07, 6.45) is 1.01. The van der Waals surface area contributed by atoms with Crippen LogP contribution >= 0.6 is 12.4 Å². The number of hydrogen-bond acceptors (Lipinski definition) is 3. The predicted octanol–water partition coefficient (Wildman–Crippen LogP) is 1.04. The number of carbonyl (C=O) groups excluding carboxylic acids is 1.